The van der Waals surface area contributed by atoms with Crippen LogP contribution in [0.4, 0.5) is 5.69 Å². The molecule has 3 heterocycles. The number of hydrogen-bond donors (Lipinski definition) is 1. The Kier molecular flexibility index (Phi) is 5.84. The molecule has 0 spiro atoms. The number of amides is 1. The molecule has 0 saturated heterocycles. The van der Waals surface area contributed by atoms with Crippen LogP contribution in [0.3, 0.4) is 0 Å². The Hall–Kier alpha value is -4.39. The van der Waals surface area contributed by atoms with Gasteiger partial charge in [0.2, 0.25) is 0 Å². The quantitative estimate of drug-likeness (QED) is 0.324. The number of imidazole rings is 1. The lowest BCUT2D eigenvalue weighted by atomic mass is 10.1. The van der Waals surface area contributed by atoms with E-state index in [4.69, 9.17) is 9.84 Å². The molecule has 0 aliphatic heterocycles. The number of carbonyl (C=O) groups excluding carboxylic acids is 1. The Labute approximate surface area is 210 Å². The van der Waals surface area contributed by atoms with Crippen molar-refractivity contribution in [3.05, 3.63) is 96.1 Å². The summed E-state index contributed by atoms with van der Waals surface area (Å²) in [5.74, 6) is 0.476. The van der Waals surface area contributed by atoms with E-state index >= 15 is 0 Å². The second-order valence-electron chi connectivity index (χ2n) is 9.89. The van der Waals surface area contributed by atoms with Gasteiger partial charge in [0.05, 0.1) is 11.4 Å². The van der Waals surface area contributed by atoms with Gasteiger partial charge in [0.25, 0.3) is 5.91 Å². The molecule has 0 aliphatic carbocycles. The molecule has 5 aromatic rings. The van der Waals surface area contributed by atoms with Crippen molar-refractivity contribution < 1.29 is 9.53 Å². The van der Waals surface area contributed by atoms with Crippen molar-refractivity contribution in [3.63, 3.8) is 0 Å². The van der Waals surface area contributed by atoms with Gasteiger partial charge in [0.1, 0.15) is 17.0 Å². The number of rotatable bonds is 5. The molecule has 36 heavy (non-hydrogen) atoms. The van der Waals surface area contributed by atoms with Crippen molar-refractivity contribution in [1.82, 2.24) is 19.2 Å². The highest BCUT2D eigenvalue weighted by molar-refractivity contribution is 6.05. The zero-order chi connectivity index (χ0) is 25.4. The highest BCUT2D eigenvalue weighted by atomic mass is 16.5. The molecular weight excluding hydrogens is 450 g/mol. The topological polar surface area (TPSA) is 73.5 Å². The summed E-state index contributed by atoms with van der Waals surface area (Å²) >= 11 is 0. The Morgan fingerprint density at radius 1 is 0.972 bits per heavy atom. The van der Waals surface area contributed by atoms with E-state index in [1.165, 1.54) is 0 Å². The average molecular weight is 480 g/mol. The number of anilines is 1. The summed E-state index contributed by atoms with van der Waals surface area (Å²) in [7, 11) is 0. The SMILES string of the molecule is Cc1cc(C)c(-n2ccn3nc(-c4cccnc4)cc23)cc1NC(=O)c1cccc(OC(C)(C)C)c1. The van der Waals surface area contributed by atoms with Gasteiger partial charge in [-0.05, 0) is 82.1 Å². The van der Waals surface area contributed by atoms with Crippen molar-refractivity contribution in [2.24, 2.45) is 0 Å². The first kappa shape index (κ1) is 23.4. The van der Waals surface area contributed by atoms with Gasteiger partial charge in [-0.2, -0.15) is 5.10 Å². The minimum absolute atomic E-state index is 0.187. The van der Waals surface area contributed by atoms with Crippen LogP contribution in [-0.2, 0) is 0 Å². The molecule has 0 fully saturated rings. The number of nitrogens with one attached hydrogen (secondary N) is 1. The number of aryl methyl sites for hydroxylation is 2. The number of benzene rings is 2. The van der Waals surface area contributed by atoms with E-state index in [0.717, 1.165) is 39.4 Å². The van der Waals surface area contributed by atoms with Crippen molar-refractivity contribution in [3.8, 4) is 22.7 Å². The Balaban J connectivity index is 1.47. The van der Waals surface area contributed by atoms with Crippen molar-refractivity contribution in [1.29, 1.82) is 0 Å². The summed E-state index contributed by atoms with van der Waals surface area (Å²) < 4.78 is 9.86. The molecular formula is C29H29N5O2. The van der Waals surface area contributed by atoms with Crippen LogP contribution in [0.5, 0.6) is 5.75 Å². The number of aromatic nitrogens is 4. The van der Waals surface area contributed by atoms with Gasteiger partial charge in [-0.1, -0.05) is 12.1 Å². The average Bonchev–Trinajstić information content (AvgIpc) is 3.42. The van der Waals surface area contributed by atoms with Gasteiger partial charge in [-0.15, -0.1) is 0 Å². The van der Waals surface area contributed by atoms with Gasteiger partial charge in [0, 0.05) is 47.7 Å². The van der Waals surface area contributed by atoms with Crippen molar-refractivity contribution in [2.45, 2.75) is 40.2 Å². The molecule has 1 N–H and O–H groups in total. The second kappa shape index (κ2) is 9.00. The maximum Gasteiger partial charge on any atom is 0.255 e. The number of pyridine rings is 1. The van der Waals surface area contributed by atoms with Gasteiger partial charge in [-0.25, -0.2) is 4.52 Å². The third kappa shape index (κ3) is 4.73. The first-order valence-electron chi connectivity index (χ1n) is 11.9. The van der Waals surface area contributed by atoms with E-state index in [1.54, 1.807) is 24.5 Å². The van der Waals surface area contributed by atoms with Gasteiger partial charge < -0.3 is 10.1 Å². The molecule has 3 aromatic heterocycles. The van der Waals surface area contributed by atoms with Gasteiger partial charge in [0.15, 0.2) is 0 Å². The van der Waals surface area contributed by atoms with Crippen LogP contribution in [0, 0.1) is 13.8 Å². The first-order chi connectivity index (χ1) is 17.2. The zero-order valence-electron chi connectivity index (χ0n) is 21.1. The number of hydrogen-bond acceptors (Lipinski definition) is 4. The molecule has 0 aliphatic rings. The molecule has 0 bridgehead atoms. The lowest BCUT2D eigenvalue weighted by Crippen LogP contribution is -2.23. The first-order valence-corrected chi connectivity index (χ1v) is 11.9. The standard InChI is InChI=1S/C29H29N5O2/c1-19-14-20(2)26(33-12-13-34-27(33)17-25(32-34)22-9-7-11-30-18-22)16-24(19)31-28(35)21-8-6-10-23(15-21)36-29(3,4)5/h6-18H,1-5H3,(H,31,35). The third-order valence-corrected chi connectivity index (χ3v) is 5.85. The highest BCUT2D eigenvalue weighted by Gasteiger charge is 2.16. The largest absolute Gasteiger partial charge is 0.488 e. The van der Waals surface area contributed by atoms with E-state index in [9.17, 15) is 4.79 Å². The van der Waals surface area contributed by atoms with E-state index in [1.807, 2.05) is 81.0 Å². The summed E-state index contributed by atoms with van der Waals surface area (Å²) in [6.07, 6.45) is 7.45. The normalized spacial score (nSPS) is 11.6. The fourth-order valence-electron chi connectivity index (χ4n) is 4.22. The van der Waals surface area contributed by atoms with Gasteiger partial charge >= 0.3 is 0 Å². The van der Waals surface area contributed by atoms with Crippen LogP contribution < -0.4 is 10.1 Å². The monoisotopic (exact) mass is 479 g/mol. The van der Waals surface area contributed by atoms with Crippen molar-refractivity contribution >= 4 is 17.2 Å². The van der Waals surface area contributed by atoms with E-state index in [2.05, 4.69) is 27.9 Å². The Morgan fingerprint density at radius 2 is 1.81 bits per heavy atom. The summed E-state index contributed by atoms with van der Waals surface area (Å²) in [6.45, 7) is 10.0. The lowest BCUT2D eigenvalue weighted by Gasteiger charge is -2.21. The molecule has 0 saturated carbocycles. The molecule has 0 atom stereocenters. The maximum absolute atomic E-state index is 13.1. The fraction of sp³-hybridized carbons (Fsp3) is 0.207. The molecule has 1 amide bonds. The Bertz CT molecular complexity index is 1560. The smallest absolute Gasteiger partial charge is 0.255 e. The van der Waals surface area contributed by atoms with E-state index < -0.39 is 0 Å². The fourth-order valence-corrected chi connectivity index (χ4v) is 4.22. The molecule has 0 unspecified atom stereocenters. The molecule has 7 nitrogen and oxygen atoms in total. The Morgan fingerprint density at radius 3 is 2.56 bits per heavy atom. The number of nitrogens with zero attached hydrogens (tertiary/aromatic N) is 4. The second-order valence-corrected chi connectivity index (χ2v) is 9.89. The van der Waals surface area contributed by atoms with Crippen molar-refractivity contribution in [2.75, 3.05) is 5.32 Å². The molecule has 182 valence electrons. The van der Waals surface area contributed by atoms with Crippen LogP contribution in [0.15, 0.2) is 79.4 Å². The van der Waals surface area contributed by atoms with Gasteiger partial charge in [-0.3, -0.25) is 14.3 Å². The van der Waals surface area contributed by atoms with E-state index in [0.29, 0.717) is 11.3 Å². The molecule has 2 aromatic carbocycles. The lowest BCUT2D eigenvalue weighted by molar-refractivity contribution is 0.102. The van der Waals surface area contributed by atoms with E-state index in [-0.39, 0.29) is 11.5 Å². The van der Waals surface area contributed by atoms with Crippen LogP contribution >= 0.6 is 0 Å². The molecule has 0 radical (unpaired) electrons. The number of ether oxygens (including phenoxy) is 1. The summed E-state index contributed by atoms with van der Waals surface area (Å²) in [5.41, 5.74) is 6.72. The zero-order valence-corrected chi connectivity index (χ0v) is 21.1. The molecule has 7 heteroatoms. The minimum Gasteiger partial charge on any atom is -0.488 e. The van der Waals surface area contributed by atoms with Crippen LogP contribution in [-0.4, -0.2) is 30.7 Å². The molecule has 5 rings (SSSR count). The number of carbonyl (C=O) groups is 1. The predicted molar refractivity (Wildman–Crippen MR) is 142 cm³/mol. The number of fused-ring (bicyclic) bond motifs is 1. The predicted octanol–water partition coefficient (Wildman–Crippen LogP) is 6.23. The highest BCUT2D eigenvalue weighted by Crippen LogP contribution is 2.28. The maximum atomic E-state index is 13.1. The summed E-state index contributed by atoms with van der Waals surface area (Å²) in [4.78, 5) is 17.3. The van der Waals surface area contributed by atoms with Crippen LogP contribution in [0.1, 0.15) is 42.3 Å². The third-order valence-electron chi connectivity index (χ3n) is 5.85. The summed E-state index contributed by atoms with van der Waals surface area (Å²) in [5, 5.41) is 7.78. The van der Waals surface area contributed by atoms with Crippen LogP contribution in [0.2, 0.25) is 0 Å². The summed E-state index contributed by atoms with van der Waals surface area (Å²) in [6, 6.07) is 17.3. The van der Waals surface area contributed by atoms with Crippen LogP contribution in [0.25, 0.3) is 22.6 Å². The minimum atomic E-state index is -0.343.